The monoisotopic (exact) mass is 341 g/mol. The maximum absolute atomic E-state index is 12.8. The molecule has 2 aromatic rings. The van der Waals surface area contributed by atoms with Gasteiger partial charge < -0.3 is 19.5 Å². The van der Waals surface area contributed by atoms with Crippen molar-refractivity contribution in [2.24, 2.45) is 7.05 Å². The smallest absolute Gasteiger partial charge is 0.270 e. The average molecular weight is 341 g/mol. The summed E-state index contributed by atoms with van der Waals surface area (Å²) in [5.74, 6) is 0.707. The fourth-order valence-electron chi connectivity index (χ4n) is 3.89. The van der Waals surface area contributed by atoms with Crippen molar-refractivity contribution in [1.82, 2.24) is 19.4 Å². The summed E-state index contributed by atoms with van der Waals surface area (Å²) in [4.78, 5) is 23.2. The number of hydrogen-bond acceptors (Lipinski definition) is 5. The second kappa shape index (κ2) is 6.48. The Bertz CT molecular complexity index is 747. The zero-order valence-corrected chi connectivity index (χ0v) is 14.4. The summed E-state index contributed by atoms with van der Waals surface area (Å²) in [5, 5.41) is 3.34. The Kier molecular flexibility index (Phi) is 4.17. The number of nitrogens with zero attached hydrogens (tertiary/aromatic N) is 4. The number of likely N-dealkylation sites (tertiary alicyclic amines) is 1. The minimum absolute atomic E-state index is 0.0815. The van der Waals surface area contributed by atoms with Gasteiger partial charge in [0.05, 0.1) is 24.8 Å². The molecule has 2 aliphatic heterocycles. The summed E-state index contributed by atoms with van der Waals surface area (Å²) in [7, 11) is 1.90. The van der Waals surface area contributed by atoms with Crippen LogP contribution in [0.15, 0.2) is 36.8 Å². The van der Waals surface area contributed by atoms with Crippen LogP contribution < -0.4 is 5.32 Å². The molecule has 2 saturated heterocycles. The SMILES string of the molecule is Cn1cccc1C(=O)N1CCC[C@@]2(C[C@H](Nc3ncccn3)CO2)C1. The summed E-state index contributed by atoms with van der Waals surface area (Å²) in [6, 6.07) is 5.74. The lowest BCUT2D eigenvalue weighted by atomic mass is 9.88. The Labute approximate surface area is 147 Å². The quantitative estimate of drug-likeness (QED) is 0.920. The van der Waals surface area contributed by atoms with Crippen molar-refractivity contribution in [3.05, 3.63) is 42.5 Å². The number of nitrogens with one attached hydrogen (secondary N) is 1. The predicted molar refractivity (Wildman–Crippen MR) is 93.3 cm³/mol. The lowest BCUT2D eigenvalue weighted by Gasteiger charge is -2.39. The van der Waals surface area contributed by atoms with Crippen LogP contribution in [0, 0.1) is 0 Å². The number of ether oxygens (including phenoxy) is 1. The molecule has 1 spiro atoms. The minimum Gasteiger partial charge on any atom is -0.371 e. The molecule has 2 aromatic heterocycles. The number of carbonyl (C=O) groups excluding carboxylic acids is 1. The molecule has 7 nitrogen and oxygen atoms in total. The van der Waals surface area contributed by atoms with Crippen molar-refractivity contribution in [3.8, 4) is 0 Å². The molecule has 7 heteroatoms. The molecule has 2 aliphatic rings. The van der Waals surface area contributed by atoms with Crippen LogP contribution >= 0.6 is 0 Å². The highest BCUT2D eigenvalue weighted by Gasteiger charge is 2.45. The van der Waals surface area contributed by atoms with Gasteiger partial charge in [-0.05, 0) is 31.0 Å². The van der Waals surface area contributed by atoms with Gasteiger partial charge in [0.15, 0.2) is 0 Å². The Balaban J connectivity index is 1.42. The van der Waals surface area contributed by atoms with Crippen LogP contribution in [0.3, 0.4) is 0 Å². The first-order valence-electron chi connectivity index (χ1n) is 8.73. The number of piperidine rings is 1. The Morgan fingerprint density at radius 2 is 2.20 bits per heavy atom. The van der Waals surface area contributed by atoms with E-state index in [0.717, 1.165) is 31.5 Å². The third kappa shape index (κ3) is 3.24. The maximum Gasteiger partial charge on any atom is 0.270 e. The Hall–Kier alpha value is -2.41. The van der Waals surface area contributed by atoms with Gasteiger partial charge in [-0.15, -0.1) is 0 Å². The van der Waals surface area contributed by atoms with Crippen molar-refractivity contribution in [3.63, 3.8) is 0 Å². The first kappa shape index (κ1) is 16.1. The summed E-state index contributed by atoms with van der Waals surface area (Å²) < 4.78 is 8.05. The van der Waals surface area contributed by atoms with E-state index in [2.05, 4.69) is 15.3 Å². The van der Waals surface area contributed by atoms with Crippen molar-refractivity contribution >= 4 is 11.9 Å². The molecular formula is C18H23N5O2. The third-order valence-corrected chi connectivity index (χ3v) is 5.10. The molecule has 0 aliphatic carbocycles. The van der Waals surface area contributed by atoms with Gasteiger partial charge in [-0.25, -0.2) is 9.97 Å². The molecule has 0 saturated carbocycles. The van der Waals surface area contributed by atoms with Crippen LogP contribution in [0.2, 0.25) is 0 Å². The van der Waals surface area contributed by atoms with Crippen LogP contribution in [0.1, 0.15) is 29.8 Å². The van der Waals surface area contributed by atoms with Crippen LogP contribution in [0.5, 0.6) is 0 Å². The fourth-order valence-corrected chi connectivity index (χ4v) is 3.89. The molecule has 25 heavy (non-hydrogen) atoms. The third-order valence-electron chi connectivity index (χ3n) is 5.10. The molecule has 132 valence electrons. The molecule has 2 atom stereocenters. The van der Waals surface area contributed by atoms with Crippen molar-refractivity contribution in [2.45, 2.75) is 30.9 Å². The number of rotatable bonds is 3. The lowest BCUT2D eigenvalue weighted by molar-refractivity contribution is -0.0449. The van der Waals surface area contributed by atoms with Crippen LogP contribution in [-0.4, -0.2) is 56.7 Å². The predicted octanol–water partition coefficient (Wildman–Crippen LogP) is 1.69. The van der Waals surface area contributed by atoms with Crippen molar-refractivity contribution in [2.75, 3.05) is 25.0 Å². The van der Waals surface area contributed by atoms with Crippen LogP contribution in [0.25, 0.3) is 0 Å². The molecular weight excluding hydrogens is 318 g/mol. The zero-order chi connectivity index (χ0) is 17.3. The molecule has 2 fully saturated rings. The number of carbonyl (C=O) groups is 1. The van der Waals surface area contributed by atoms with E-state index in [-0.39, 0.29) is 17.6 Å². The van der Waals surface area contributed by atoms with E-state index in [9.17, 15) is 4.79 Å². The standard InChI is InChI=1S/C18H23N5O2/c1-22-9-2-5-15(22)16(24)23-10-3-6-18(13-23)11-14(12-25-18)21-17-19-7-4-8-20-17/h2,4-5,7-9,14H,3,6,10-13H2,1H3,(H,19,20,21)/t14-,18+/m0/s1. The average Bonchev–Trinajstić information content (AvgIpc) is 3.22. The second-order valence-corrected chi connectivity index (χ2v) is 6.95. The van der Waals surface area contributed by atoms with Gasteiger partial charge in [0, 0.05) is 38.6 Å². The molecule has 0 aromatic carbocycles. The van der Waals surface area contributed by atoms with Gasteiger partial charge in [0.2, 0.25) is 5.95 Å². The summed E-state index contributed by atoms with van der Waals surface area (Å²) in [6.07, 6.45) is 8.16. The summed E-state index contributed by atoms with van der Waals surface area (Å²) in [6.45, 7) is 2.05. The van der Waals surface area contributed by atoms with E-state index in [1.54, 1.807) is 18.5 Å². The Morgan fingerprint density at radius 1 is 1.36 bits per heavy atom. The lowest BCUT2D eigenvalue weighted by Crippen LogP contribution is -2.50. The van der Waals surface area contributed by atoms with Crippen molar-refractivity contribution < 1.29 is 9.53 Å². The zero-order valence-electron chi connectivity index (χ0n) is 14.4. The number of anilines is 1. The first-order valence-corrected chi connectivity index (χ1v) is 8.73. The molecule has 0 radical (unpaired) electrons. The van der Waals surface area contributed by atoms with Gasteiger partial charge in [0.25, 0.3) is 5.91 Å². The molecule has 0 bridgehead atoms. The van der Waals surface area contributed by atoms with Gasteiger partial charge in [-0.3, -0.25) is 4.79 Å². The maximum atomic E-state index is 12.8. The normalized spacial score (nSPS) is 26.1. The van der Waals surface area contributed by atoms with E-state index < -0.39 is 0 Å². The highest BCUT2D eigenvalue weighted by atomic mass is 16.5. The molecule has 0 unspecified atom stereocenters. The molecule has 4 rings (SSSR count). The van der Waals surface area contributed by atoms with E-state index in [4.69, 9.17) is 4.74 Å². The van der Waals surface area contributed by atoms with Crippen molar-refractivity contribution in [1.29, 1.82) is 0 Å². The largest absolute Gasteiger partial charge is 0.371 e. The summed E-state index contributed by atoms with van der Waals surface area (Å²) >= 11 is 0. The van der Waals surface area contributed by atoms with Crippen LogP contribution in [0.4, 0.5) is 5.95 Å². The fraction of sp³-hybridized carbons (Fsp3) is 0.500. The van der Waals surface area contributed by atoms with E-state index in [1.165, 1.54) is 0 Å². The highest BCUT2D eigenvalue weighted by molar-refractivity contribution is 5.92. The number of amides is 1. The Morgan fingerprint density at radius 3 is 2.96 bits per heavy atom. The number of aryl methyl sites for hydroxylation is 1. The molecule has 1 N–H and O–H groups in total. The summed E-state index contributed by atoms with van der Waals surface area (Å²) in [5.41, 5.74) is 0.466. The van der Waals surface area contributed by atoms with E-state index in [1.807, 2.05) is 34.8 Å². The van der Waals surface area contributed by atoms with Gasteiger partial charge in [0.1, 0.15) is 5.69 Å². The van der Waals surface area contributed by atoms with Gasteiger partial charge in [-0.1, -0.05) is 0 Å². The van der Waals surface area contributed by atoms with Crippen LogP contribution in [-0.2, 0) is 11.8 Å². The first-order chi connectivity index (χ1) is 12.2. The van der Waals surface area contributed by atoms with E-state index >= 15 is 0 Å². The number of aromatic nitrogens is 3. The van der Waals surface area contributed by atoms with E-state index in [0.29, 0.717) is 19.1 Å². The minimum atomic E-state index is -0.258. The molecule has 1 amide bonds. The highest BCUT2D eigenvalue weighted by Crippen LogP contribution is 2.36. The molecule has 4 heterocycles. The van der Waals surface area contributed by atoms with Gasteiger partial charge in [-0.2, -0.15) is 0 Å². The topological polar surface area (TPSA) is 72.3 Å². The van der Waals surface area contributed by atoms with Gasteiger partial charge >= 0.3 is 0 Å². The second-order valence-electron chi connectivity index (χ2n) is 6.95. The number of hydrogen-bond donors (Lipinski definition) is 1.